The maximum atomic E-state index is 6.15. The highest BCUT2D eigenvalue weighted by atomic mass is 127. The Morgan fingerprint density at radius 2 is 1.95 bits per heavy atom. The van der Waals surface area contributed by atoms with Crippen molar-refractivity contribution in [3.8, 4) is 0 Å². The lowest BCUT2D eigenvalue weighted by Gasteiger charge is -2.21. The molecule has 0 saturated heterocycles. The Labute approximate surface area is 156 Å². The first-order chi connectivity index (χ1) is 10.0. The molecule has 0 spiro atoms. The number of aliphatic imine (C=N–C) groups is 1. The summed E-state index contributed by atoms with van der Waals surface area (Å²) in [5.41, 5.74) is 1.04. The van der Waals surface area contributed by atoms with E-state index in [0.29, 0.717) is 12.6 Å². The Hall–Kier alpha value is -0.530. The molecule has 0 fully saturated rings. The molecule has 2 N–H and O–H groups in total. The van der Waals surface area contributed by atoms with Gasteiger partial charge in [-0.3, -0.25) is 0 Å². The predicted octanol–water partition coefficient (Wildman–Crippen LogP) is 3.35. The molecule has 0 bridgehead atoms. The van der Waals surface area contributed by atoms with Gasteiger partial charge in [0.25, 0.3) is 0 Å². The summed E-state index contributed by atoms with van der Waals surface area (Å²) >= 11 is 6.15. The zero-order chi connectivity index (χ0) is 15.7. The molecular formula is C16H28ClIN4. The van der Waals surface area contributed by atoms with E-state index in [2.05, 4.69) is 48.3 Å². The van der Waals surface area contributed by atoms with Gasteiger partial charge in [-0.1, -0.05) is 29.8 Å². The van der Waals surface area contributed by atoms with Crippen LogP contribution in [0.15, 0.2) is 29.3 Å². The minimum absolute atomic E-state index is 0. The molecule has 0 aromatic heterocycles. The van der Waals surface area contributed by atoms with Crippen molar-refractivity contribution in [3.05, 3.63) is 34.9 Å². The fourth-order valence-electron chi connectivity index (χ4n) is 1.74. The molecular weight excluding hydrogens is 411 g/mol. The van der Waals surface area contributed by atoms with Crippen LogP contribution in [-0.2, 0) is 6.54 Å². The van der Waals surface area contributed by atoms with Gasteiger partial charge in [-0.15, -0.1) is 24.0 Å². The molecule has 0 atom stereocenters. The predicted molar refractivity (Wildman–Crippen MR) is 107 cm³/mol. The van der Waals surface area contributed by atoms with Crippen LogP contribution in [0.2, 0.25) is 5.02 Å². The highest BCUT2D eigenvalue weighted by Crippen LogP contribution is 2.15. The Balaban J connectivity index is 0.00000441. The Morgan fingerprint density at radius 3 is 2.55 bits per heavy atom. The molecule has 126 valence electrons. The molecule has 0 aliphatic rings. The van der Waals surface area contributed by atoms with E-state index in [4.69, 9.17) is 11.6 Å². The summed E-state index contributed by atoms with van der Waals surface area (Å²) in [6.45, 7) is 9.71. The van der Waals surface area contributed by atoms with Gasteiger partial charge in [0.05, 0.1) is 6.54 Å². The molecule has 0 amide bonds. The van der Waals surface area contributed by atoms with E-state index in [0.717, 1.165) is 36.2 Å². The minimum atomic E-state index is 0. The van der Waals surface area contributed by atoms with Crippen molar-refractivity contribution in [3.63, 3.8) is 0 Å². The zero-order valence-corrected chi connectivity index (χ0v) is 17.0. The van der Waals surface area contributed by atoms with Crippen LogP contribution < -0.4 is 10.6 Å². The molecule has 4 nitrogen and oxygen atoms in total. The number of hydrogen-bond acceptors (Lipinski definition) is 2. The van der Waals surface area contributed by atoms with Crippen molar-refractivity contribution in [2.75, 3.05) is 26.7 Å². The van der Waals surface area contributed by atoms with Crippen LogP contribution in [0.4, 0.5) is 0 Å². The van der Waals surface area contributed by atoms with Crippen molar-refractivity contribution in [2.24, 2.45) is 4.99 Å². The molecule has 0 unspecified atom stereocenters. The van der Waals surface area contributed by atoms with Crippen LogP contribution in [0.1, 0.15) is 26.3 Å². The number of rotatable bonds is 7. The van der Waals surface area contributed by atoms with Gasteiger partial charge in [0.15, 0.2) is 5.96 Å². The van der Waals surface area contributed by atoms with E-state index in [-0.39, 0.29) is 24.0 Å². The molecule has 1 aromatic rings. The molecule has 0 saturated carbocycles. The van der Waals surface area contributed by atoms with E-state index >= 15 is 0 Å². The van der Waals surface area contributed by atoms with Gasteiger partial charge >= 0.3 is 0 Å². The number of likely N-dealkylation sites (N-methyl/N-ethyl adjacent to an activating group) is 1. The maximum Gasteiger partial charge on any atom is 0.191 e. The fourth-order valence-corrected chi connectivity index (χ4v) is 1.94. The zero-order valence-electron chi connectivity index (χ0n) is 13.9. The molecule has 0 heterocycles. The van der Waals surface area contributed by atoms with Gasteiger partial charge in [0.1, 0.15) is 0 Å². The molecule has 1 aromatic carbocycles. The van der Waals surface area contributed by atoms with Crippen LogP contribution in [0.25, 0.3) is 0 Å². The maximum absolute atomic E-state index is 6.15. The van der Waals surface area contributed by atoms with E-state index in [1.807, 2.05) is 24.3 Å². The lowest BCUT2D eigenvalue weighted by Crippen LogP contribution is -2.42. The summed E-state index contributed by atoms with van der Waals surface area (Å²) in [7, 11) is 2.13. The molecule has 0 aliphatic heterocycles. The SMILES string of the molecule is CCNC(=NCc1ccccc1Cl)NCCN(C)C(C)C.I. The van der Waals surface area contributed by atoms with Crippen molar-refractivity contribution in [2.45, 2.75) is 33.4 Å². The molecule has 22 heavy (non-hydrogen) atoms. The number of nitrogens with one attached hydrogen (secondary N) is 2. The van der Waals surface area contributed by atoms with Gasteiger partial charge in [-0.2, -0.15) is 0 Å². The number of nitrogens with zero attached hydrogens (tertiary/aromatic N) is 2. The highest BCUT2D eigenvalue weighted by molar-refractivity contribution is 14.0. The normalized spacial score (nSPS) is 11.5. The van der Waals surface area contributed by atoms with Crippen LogP contribution in [0.3, 0.4) is 0 Å². The summed E-state index contributed by atoms with van der Waals surface area (Å²) in [6.07, 6.45) is 0. The summed E-state index contributed by atoms with van der Waals surface area (Å²) in [5.74, 6) is 0.828. The second kappa shape index (κ2) is 12.0. The first kappa shape index (κ1) is 21.5. The van der Waals surface area contributed by atoms with Gasteiger partial charge in [0.2, 0.25) is 0 Å². The highest BCUT2D eigenvalue weighted by Gasteiger charge is 2.04. The second-order valence-corrected chi connectivity index (χ2v) is 5.69. The third kappa shape index (κ3) is 8.19. The van der Waals surface area contributed by atoms with Crippen LogP contribution >= 0.6 is 35.6 Å². The lowest BCUT2D eigenvalue weighted by molar-refractivity contribution is 0.278. The molecule has 6 heteroatoms. The van der Waals surface area contributed by atoms with Crippen LogP contribution in [0, 0.1) is 0 Å². The molecule has 1 rings (SSSR count). The lowest BCUT2D eigenvalue weighted by atomic mass is 10.2. The monoisotopic (exact) mass is 438 g/mol. The molecule has 0 aliphatic carbocycles. The summed E-state index contributed by atoms with van der Waals surface area (Å²) in [6, 6.07) is 8.36. The average Bonchev–Trinajstić information content (AvgIpc) is 2.45. The summed E-state index contributed by atoms with van der Waals surface area (Å²) < 4.78 is 0. The van der Waals surface area contributed by atoms with Crippen molar-refractivity contribution in [1.29, 1.82) is 0 Å². The van der Waals surface area contributed by atoms with Crippen molar-refractivity contribution >= 4 is 41.5 Å². The van der Waals surface area contributed by atoms with Crippen molar-refractivity contribution in [1.82, 2.24) is 15.5 Å². The second-order valence-electron chi connectivity index (χ2n) is 5.29. The largest absolute Gasteiger partial charge is 0.357 e. The van der Waals surface area contributed by atoms with Gasteiger partial charge in [-0.25, -0.2) is 4.99 Å². The Morgan fingerprint density at radius 1 is 1.27 bits per heavy atom. The quantitative estimate of drug-likeness (QED) is 0.390. The fraction of sp³-hybridized carbons (Fsp3) is 0.562. The Bertz CT molecular complexity index is 452. The summed E-state index contributed by atoms with van der Waals surface area (Å²) in [5, 5.41) is 7.36. The number of guanidine groups is 1. The number of benzene rings is 1. The standard InChI is InChI=1S/C16H27ClN4.HI/c1-5-18-16(19-10-11-21(4)13(2)3)20-12-14-8-6-7-9-15(14)17;/h6-9,13H,5,10-12H2,1-4H3,(H2,18,19,20);1H. The van der Waals surface area contributed by atoms with Crippen LogP contribution in [0.5, 0.6) is 0 Å². The first-order valence-corrected chi connectivity index (χ1v) is 7.88. The van der Waals surface area contributed by atoms with Crippen molar-refractivity contribution < 1.29 is 0 Å². The van der Waals surface area contributed by atoms with E-state index in [9.17, 15) is 0 Å². The van der Waals surface area contributed by atoms with Crippen LogP contribution in [-0.4, -0.2) is 43.6 Å². The first-order valence-electron chi connectivity index (χ1n) is 7.50. The smallest absolute Gasteiger partial charge is 0.191 e. The topological polar surface area (TPSA) is 39.7 Å². The summed E-state index contributed by atoms with van der Waals surface area (Å²) in [4.78, 5) is 6.87. The van der Waals surface area contributed by atoms with Gasteiger partial charge in [-0.05, 0) is 39.4 Å². The minimum Gasteiger partial charge on any atom is -0.357 e. The number of hydrogen-bond donors (Lipinski definition) is 2. The van der Waals surface area contributed by atoms with E-state index in [1.54, 1.807) is 0 Å². The molecule has 0 radical (unpaired) electrons. The van der Waals surface area contributed by atoms with Gasteiger partial charge < -0.3 is 15.5 Å². The van der Waals surface area contributed by atoms with Gasteiger partial charge in [0, 0.05) is 30.7 Å². The van der Waals surface area contributed by atoms with E-state index in [1.165, 1.54) is 0 Å². The third-order valence-electron chi connectivity index (χ3n) is 3.35. The Kier molecular flexibility index (Phi) is 11.7. The number of halogens is 2. The average molecular weight is 439 g/mol. The van der Waals surface area contributed by atoms with E-state index < -0.39 is 0 Å². The third-order valence-corrected chi connectivity index (χ3v) is 3.72.